The molecule has 0 aromatic heterocycles. The standard InChI is InChI=1S/C16H24BrFN2/c1-4-5-13-9-19-16(2,3)11-20(13)10-12-6-7-15(18)14(17)8-12/h6-8,13,19H,4-5,9-11H2,1-3H3. The molecule has 0 saturated carbocycles. The second-order valence-electron chi connectivity index (χ2n) is 6.36. The summed E-state index contributed by atoms with van der Waals surface area (Å²) in [5.74, 6) is -0.195. The third kappa shape index (κ3) is 4.03. The topological polar surface area (TPSA) is 15.3 Å². The van der Waals surface area contributed by atoms with E-state index >= 15 is 0 Å². The van der Waals surface area contributed by atoms with Gasteiger partial charge in [-0.15, -0.1) is 0 Å². The van der Waals surface area contributed by atoms with Crippen molar-refractivity contribution in [2.45, 2.75) is 51.7 Å². The Hall–Kier alpha value is -0.450. The highest BCUT2D eigenvalue weighted by atomic mass is 79.9. The highest BCUT2D eigenvalue weighted by Gasteiger charge is 2.31. The molecular formula is C16H24BrFN2. The minimum atomic E-state index is -0.195. The van der Waals surface area contributed by atoms with E-state index < -0.39 is 0 Å². The molecule has 112 valence electrons. The van der Waals surface area contributed by atoms with E-state index in [9.17, 15) is 4.39 Å². The third-order valence-electron chi connectivity index (χ3n) is 3.92. The van der Waals surface area contributed by atoms with Crippen LogP contribution in [0.25, 0.3) is 0 Å². The van der Waals surface area contributed by atoms with Crippen LogP contribution in [0, 0.1) is 5.82 Å². The molecule has 2 nitrogen and oxygen atoms in total. The van der Waals surface area contributed by atoms with Crippen molar-refractivity contribution in [2.24, 2.45) is 0 Å². The van der Waals surface area contributed by atoms with Gasteiger partial charge in [-0.3, -0.25) is 4.90 Å². The first kappa shape index (κ1) is 15.9. The van der Waals surface area contributed by atoms with Crippen LogP contribution in [0.2, 0.25) is 0 Å². The molecule has 1 aromatic rings. The molecule has 0 amide bonds. The van der Waals surface area contributed by atoms with E-state index in [1.54, 1.807) is 6.07 Å². The first-order chi connectivity index (χ1) is 9.41. The molecule has 0 aliphatic carbocycles. The molecule has 20 heavy (non-hydrogen) atoms. The number of nitrogens with one attached hydrogen (secondary N) is 1. The number of halogens is 2. The van der Waals surface area contributed by atoms with Crippen LogP contribution >= 0.6 is 15.9 Å². The SMILES string of the molecule is CCCC1CNC(C)(C)CN1Cc1ccc(F)c(Br)c1. The van der Waals surface area contributed by atoms with Gasteiger partial charge in [-0.1, -0.05) is 19.4 Å². The molecule has 2 rings (SSSR count). The number of hydrogen-bond acceptors (Lipinski definition) is 2. The van der Waals surface area contributed by atoms with Gasteiger partial charge in [0.2, 0.25) is 0 Å². The lowest BCUT2D eigenvalue weighted by Crippen LogP contribution is -2.61. The summed E-state index contributed by atoms with van der Waals surface area (Å²) in [7, 11) is 0. The fourth-order valence-corrected chi connectivity index (χ4v) is 3.32. The van der Waals surface area contributed by atoms with Crippen molar-refractivity contribution in [1.29, 1.82) is 0 Å². The monoisotopic (exact) mass is 342 g/mol. The predicted molar refractivity (Wildman–Crippen MR) is 85.3 cm³/mol. The highest BCUT2D eigenvalue weighted by Crippen LogP contribution is 2.23. The lowest BCUT2D eigenvalue weighted by molar-refractivity contribution is 0.0826. The first-order valence-corrected chi connectivity index (χ1v) is 8.13. The molecule has 1 atom stereocenters. The Morgan fingerprint density at radius 1 is 1.45 bits per heavy atom. The molecule has 1 unspecified atom stereocenters. The summed E-state index contributed by atoms with van der Waals surface area (Å²) in [5.41, 5.74) is 1.30. The molecule has 0 radical (unpaired) electrons. The van der Waals surface area contributed by atoms with E-state index in [0.717, 1.165) is 25.2 Å². The van der Waals surface area contributed by atoms with Gasteiger partial charge in [0.05, 0.1) is 4.47 Å². The Balaban J connectivity index is 2.11. The van der Waals surface area contributed by atoms with Crippen LogP contribution in [0.4, 0.5) is 4.39 Å². The minimum absolute atomic E-state index is 0.140. The lowest BCUT2D eigenvalue weighted by atomic mass is 9.96. The largest absolute Gasteiger partial charge is 0.309 e. The van der Waals surface area contributed by atoms with Crippen molar-refractivity contribution in [1.82, 2.24) is 10.2 Å². The maximum absolute atomic E-state index is 13.3. The zero-order chi connectivity index (χ0) is 14.8. The Bertz CT molecular complexity index is 462. The molecule has 1 aliphatic heterocycles. The normalized spacial score (nSPS) is 22.9. The summed E-state index contributed by atoms with van der Waals surface area (Å²) in [6.45, 7) is 9.64. The van der Waals surface area contributed by atoms with E-state index in [0.29, 0.717) is 10.5 Å². The van der Waals surface area contributed by atoms with E-state index in [2.05, 4.69) is 46.9 Å². The minimum Gasteiger partial charge on any atom is -0.309 e. The quantitative estimate of drug-likeness (QED) is 0.891. The predicted octanol–water partition coefficient (Wildman–Crippen LogP) is 3.94. The van der Waals surface area contributed by atoms with Crippen LogP contribution < -0.4 is 5.32 Å². The number of nitrogens with zero attached hydrogens (tertiary/aromatic N) is 1. The lowest BCUT2D eigenvalue weighted by Gasteiger charge is -2.44. The maximum atomic E-state index is 13.3. The van der Waals surface area contributed by atoms with E-state index in [-0.39, 0.29) is 11.4 Å². The van der Waals surface area contributed by atoms with Gasteiger partial charge < -0.3 is 5.32 Å². The van der Waals surface area contributed by atoms with Crippen molar-refractivity contribution < 1.29 is 4.39 Å². The Morgan fingerprint density at radius 3 is 2.85 bits per heavy atom. The van der Waals surface area contributed by atoms with Crippen LogP contribution in [0.5, 0.6) is 0 Å². The molecular weight excluding hydrogens is 319 g/mol. The number of hydrogen-bond donors (Lipinski definition) is 1. The van der Waals surface area contributed by atoms with Crippen molar-refractivity contribution in [3.8, 4) is 0 Å². The molecule has 1 heterocycles. The van der Waals surface area contributed by atoms with Crippen molar-refractivity contribution in [3.05, 3.63) is 34.1 Å². The highest BCUT2D eigenvalue weighted by molar-refractivity contribution is 9.10. The van der Waals surface area contributed by atoms with Gasteiger partial charge in [0.1, 0.15) is 5.82 Å². The summed E-state index contributed by atoms with van der Waals surface area (Å²) in [6.07, 6.45) is 2.39. The summed E-state index contributed by atoms with van der Waals surface area (Å²) >= 11 is 3.27. The summed E-state index contributed by atoms with van der Waals surface area (Å²) < 4.78 is 13.9. The number of benzene rings is 1. The smallest absolute Gasteiger partial charge is 0.137 e. The molecule has 1 saturated heterocycles. The maximum Gasteiger partial charge on any atom is 0.137 e. The van der Waals surface area contributed by atoms with Crippen molar-refractivity contribution in [2.75, 3.05) is 13.1 Å². The number of piperazine rings is 1. The third-order valence-corrected chi connectivity index (χ3v) is 4.53. The fourth-order valence-electron chi connectivity index (χ4n) is 2.89. The van der Waals surface area contributed by atoms with E-state index in [1.807, 2.05) is 12.1 Å². The van der Waals surface area contributed by atoms with Gasteiger partial charge in [0, 0.05) is 31.2 Å². The molecule has 4 heteroatoms. The van der Waals surface area contributed by atoms with E-state index in [4.69, 9.17) is 0 Å². The van der Waals surface area contributed by atoms with Gasteiger partial charge in [-0.2, -0.15) is 0 Å². The summed E-state index contributed by atoms with van der Waals surface area (Å²) in [5, 5.41) is 3.62. The average molecular weight is 343 g/mol. The molecule has 1 N–H and O–H groups in total. The molecule has 1 fully saturated rings. The molecule has 0 bridgehead atoms. The zero-order valence-corrected chi connectivity index (χ0v) is 14.1. The van der Waals surface area contributed by atoms with Crippen LogP contribution in [-0.2, 0) is 6.54 Å². The molecule has 0 spiro atoms. The fraction of sp³-hybridized carbons (Fsp3) is 0.625. The summed E-state index contributed by atoms with van der Waals surface area (Å²) in [6, 6.07) is 5.89. The Kier molecular flexibility index (Phi) is 5.21. The van der Waals surface area contributed by atoms with Gasteiger partial charge >= 0.3 is 0 Å². The van der Waals surface area contributed by atoms with Crippen LogP contribution in [0.3, 0.4) is 0 Å². The van der Waals surface area contributed by atoms with Gasteiger partial charge in [0.15, 0.2) is 0 Å². The second kappa shape index (κ2) is 6.54. The van der Waals surface area contributed by atoms with E-state index in [1.165, 1.54) is 12.8 Å². The Labute approximate surface area is 129 Å². The van der Waals surface area contributed by atoms with Gasteiger partial charge in [-0.25, -0.2) is 4.39 Å². The number of rotatable bonds is 4. The first-order valence-electron chi connectivity index (χ1n) is 7.34. The zero-order valence-electron chi connectivity index (χ0n) is 12.5. The van der Waals surface area contributed by atoms with Crippen LogP contribution in [0.1, 0.15) is 39.2 Å². The summed E-state index contributed by atoms with van der Waals surface area (Å²) in [4.78, 5) is 2.53. The van der Waals surface area contributed by atoms with Crippen molar-refractivity contribution >= 4 is 15.9 Å². The van der Waals surface area contributed by atoms with Gasteiger partial charge in [0.25, 0.3) is 0 Å². The van der Waals surface area contributed by atoms with Crippen LogP contribution in [-0.4, -0.2) is 29.6 Å². The average Bonchev–Trinajstić information content (AvgIpc) is 2.37. The van der Waals surface area contributed by atoms with Crippen LogP contribution in [0.15, 0.2) is 22.7 Å². The van der Waals surface area contributed by atoms with Gasteiger partial charge in [-0.05, 0) is 53.9 Å². The Morgan fingerprint density at radius 2 is 2.20 bits per heavy atom. The molecule has 1 aromatic carbocycles. The molecule has 1 aliphatic rings. The van der Waals surface area contributed by atoms with Crippen molar-refractivity contribution in [3.63, 3.8) is 0 Å². The second-order valence-corrected chi connectivity index (χ2v) is 7.22.